The smallest absolute Gasteiger partial charge is 0.373 e. The number of hydrogen-bond acceptors (Lipinski definition) is 7. The summed E-state index contributed by atoms with van der Waals surface area (Å²) in [4.78, 5) is 48.7. The lowest BCUT2D eigenvalue weighted by Crippen LogP contribution is -2.37. The molecule has 1 rings (SSSR count). The van der Waals surface area contributed by atoms with Crippen molar-refractivity contribution in [3.05, 3.63) is 0 Å². The molecule has 17 heavy (non-hydrogen) atoms. The summed E-state index contributed by atoms with van der Waals surface area (Å²) >= 11 is 0. The number of nitrogens with zero attached hydrogens (tertiary/aromatic N) is 1. The summed E-state index contributed by atoms with van der Waals surface area (Å²) in [6.45, 7) is 0.320. The average Bonchev–Trinajstić information content (AvgIpc) is 2.60. The molecule has 1 unspecified atom stereocenters. The van der Waals surface area contributed by atoms with E-state index in [1.54, 1.807) is 0 Å². The molecule has 8 nitrogen and oxygen atoms in total. The monoisotopic (exact) mass is 245 g/mol. The van der Waals surface area contributed by atoms with Crippen LogP contribution in [0, 0.1) is 0 Å². The van der Waals surface area contributed by atoms with Crippen LogP contribution in [0.1, 0.15) is 19.8 Å². The maximum absolute atomic E-state index is 11.3. The minimum atomic E-state index is -1.31. The highest BCUT2D eigenvalue weighted by Gasteiger charge is 2.34. The van der Waals surface area contributed by atoms with Crippen molar-refractivity contribution in [1.82, 2.24) is 5.06 Å². The van der Waals surface area contributed by atoms with Crippen LogP contribution in [0.25, 0.3) is 0 Å². The van der Waals surface area contributed by atoms with Gasteiger partial charge in [0.05, 0.1) is 0 Å². The van der Waals surface area contributed by atoms with E-state index in [2.05, 4.69) is 9.57 Å². The topological polar surface area (TPSA) is 110 Å². The van der Waals surface area contributed by atoms with Gasteiger partial charge in [0, 0.05) is 12.8 Å². The third-order valence-corrected chi connectivity index (χ3v) is 1.96. The molecule has 1 fully saturated rings. The average molecular weight is 245 g/mol. The lowest BCUT2D eigenvalue weighted by atomic mass is 10.4. The minimum Gasteiger partial charge on any atom is -0.449 e. The molecule has 0 spiro atoms. The van der Waals surface area contributed by atoms with E-state index in [1.165, 1.54) is 6.92 Å². The Labute approximate surface area is 96.0 Å². The van der Waals surface area contributed by atoms with E-state index < -0.39 is 36.5 Å². The first-order valence-corrected chi connectivity index (χ1v) is 4.83. The molecule has 1 heterocycles. The summed E-state index contributed by atoms with van der Waals surface area (Å²) in [6, 6.07) is 0. The Balaban J connectivity index is 2.51. The van der Waals surface area contributed by atoms with E-state index in [-0.39, 0.29) is 12.8 Å². The van der Waals surface area contributed by atoms with E-state index in [1.807, 2.05) is 0 Å². The number of carbonyl (C=O) groups excluding carboxylic acids is 4. The molecule has 1 atom stereocenters. The van der Waals surface area contributed by atoms with Crippen molar-refractivity contribution in [3.63, 3.8) is 0 Å². The highest BCUT2D eigenvalue weighted by Crippen LogP contribution is 2.13. The van der Waals surface area contributed by atoms with Gasteiger partial charge in [-0.2, -0.15) is 0 Å². The fourth-order valence-electron chi connectivity index (χ4n) is 1.10. The summed E-state index contributed by atoms with van der Waals surface area (Å²) in [5.41, 5.74) is 0. The Morgan fingerprint density at radius 3 is 2.35 bits per heavy atom. The third kappa shape index (κ3) is 3.25. The largest absolute Gasteiger partial charge is 0.449 e. The third-order valence-electron chi connectivity index (χ3n) is 1.96. The molecule has 1 N–H and O–H groups in total. The molecule has 0 aromatic heterocycles. The number of amides is 2. The minimum absolute atomic E-state index is 0.0169. The van der Waals surface area contributed by atoms with Gasteiger partial charge in [0.1, 0.15) is 6.61 Å². The fourth-order valence-corrected chi connectivity index (χ4v) is 1.10. The molecule has 0 bridgehead atoms. The van der Waals surface area contributed by atoms with Gasteiger partial charge in [0.25, 0.3) is 11.8 Å². The summed E-state index contributed by atoms with van der Waals surface area (Å²) < 4.78 is 4.43. The molecule has 1 aliphatic rings. The van der Waals surface area contributed by atoms with E-state index in [9.17, 15) is 19.2 Å². The summed E-state index contributed by atoms with van der Waals surface area (Å²) in [5.74, 6) is -3.31. The van der Waals surface area contributed by atoms with Gasteiger partial charge in [0.15, 0.2) is 6.10 Å². The number of aliphatic hydroxyl groups excluding tert-OH is 1. The summed E-state index contributed by atoms with van der Waals surface area (Å²) in [5, 5.41) is 8.74. The summed E-state index contributed by atoms with van der Waals surface area (Å²) in [6.07, 6.45) is -1.34. The van der Waals surface area contributed by atoms with Crippen LogP contribution in [-0.2, 0) is 28.8 Å². The fraction of sp³-hybridized carbons (Fsp3) is 0.556. The number of carbonyl (C=O) groups is 4. The predicted molar refractivity (Wildman–Crippen MR) is 49.8 cm³/mol. The second-order valence-electron chi connectivity index (χ2n) is 3.28. The first-order chi connectivity index (χ1) is 7.95. The lowest BCUT2D eigenvalue weighted by molar-refractivity contribution is -0.205. The van der Waals surface area contributed by atoms with Crippen LogP contribution in [0.15, 0.2) is 0 Å². The van der Waals surface area contributed by atoms with E-state index in [4.69, 9.17) is 5.11 Å². The first kappa shape index (κ1) is 13.1. The standard InChI is InChI=1S/C9H11NO7/c1-5(16-8(14)4-11)9(15)17-10-6(12)2-3-7(10)13/h5,11H,2-4H2,1H3. The summed E-state index contributed by atoms with van der Waals surface area (Å²) in [7, 11) is 0. The quantitative estimate of drug-likeness (QED) is 0.475. The van der Waals surface area contributed by atoms with Gasteiger partial charge in [-0.1, -0.05) is 0 Å². The molecule has 0 aliphatic carbocycles. The number of ether oxygens (including phenoxy) is 1. The highest BCUT2D eigenvalue weighted by molar-refractivity contribution is 6.01. The van der Waals surface area contributed by atoms with Gasteiger partial charge in [-0.3, -0.25) is 9.59 Å². The number of imide groups is 1. The Morgan fingerprint density at radius 1 is 1.35 bits per heavy atom. The maximum Gasteiger partial charge on any atom is 0.373 e. The molecule has 94 valence electrons. The molecule has 8 heteroatoms. The van der Waals surface area contributed by atoms with Crippen molar-refractivity contribution in [1.29, 1.82) is 0 Å². The van der Waals surface area contributed by atoms with Crippen molar-refractivity contribution >= 4 is 23.8 Å². The molecule has 0 saturated carbocycles. The van der Waals surface area contributed by atoms with Crippen molar-refractivity contribution in [3.8, 4) is 0 Å². The molecular weight excluding hydrogens is 234 g/mol. The molecule has 1 aliphatic heterocycles. The van der Waals surface area contributed by atoms with Gasteiger partial charge in [0.2, 0.25) is 0 Å². The number of rotatable bonds is 4. The molecule has 1 saturated heterocycles. The van der Waals surface area contributed by atoms with Gasteiger partial charge in [-0.05, 0) is 6.92 Å². The number of hydrogen-bond donors (Lipinski definition) is 1. The van der Waals surface area contributed by atoms with Gasteiger partial charge < -0.3 is 14.7 Å². The van der Waals surface area contributed by atoms with Gasteiger partial charge >= 0.3 is 11.9 Å². The Morgan fingerprint density at radius 2 is 1.88 bits per heavy atom. The van der Waals surface area contributed by atoms with Crippen LogP contribution >= 0.6 is 0 Å². The Bertz CT molecular complexity index is 348. The molecule has 2 amide bonds. The zero-order chi connectivity index (χ0) is 13.0. The Kier molecular flexibility index (Phi) is 4.16. The normalized spacial score (nSPS) is 16.9. The lowest BCUT2D eigenvalue weighted by Gasteiger charge is -2.16. The molecule has 0 aromatic carbocycles. The van der Waals surface area contributed by atoms with Crippen LogP contribution in [0.5, 0.6) is 0 Å². The van der Waals surface area contributed by atoms with Gasteiger partial charge in [-0.25, -0.2) is 9.59 Å². The maximum atomic E-state index is 11.3. The second-order valence-corrected chi connectivity index (χ2v) is 3.28. The molecular formula is C9H11NO7. The van der Waals surface area contributed by atoms with Crippen LogP contribution in [0.4, 0.5) is 0 Å². The first-order valence-electron chi connectivity index (χ1n) is 4.83. The highest BCUT2D eigenvalue weighted by atomic mass is 16.7. The van der Waals surface area contributed by atoms with Gasteiger partial charge in [-0.15, -0.1) is 5.06 Å². The van der Waals surface area contributed by atoms with Crippen LogP contribution in [-0.4, -0.2) is 46.6 Å². The second kappa shape index (κ2) is 5.39. The van der Waals surface area contributed by atoms with E-state index in [0.717, 1.165) is 0 Å². The van der Waals surface area contributed by atoms with Crippen molar-refractivity contribution < 1.29 is 33.9 Å². The number of hydroxylamine groups is 2. The van der Waals surface area contributed by atoms with Crippen LogP contribution < -0.4 is 0 Å². The SMILES string of the molecule is CC(OC(=O)CO)C(=O)ON1C(=O)CCC1=O. The van der Waals surface area contributed by atoms with Crippen molar-refractivity contribution in [2.24, 2.45) is 0 Å². The van der Waals surface area contributed by atoms with Crippen molar-refractivity contribution in [2.75, 3.05) is 6.61 Å². The van der Waals surface area contributed by atoms with E-state index in [0.29, 0.717) is 5.06 Å². The zero-order valence-electron chi connectivity index (χ0n) is 9.04. The van der Waals surface area contributed by atoms with Crippen LogP contribution in [0.2, 0.25) is 0 Å². The predicted octanol–water partition coefficient (Wildman–Crippen LogP) is -1.48. The van der Waals surface area contributed by atoms with E-state index >= 15 is 0 Å². The number of aliphatic hydroxyl groups is 1. The van der Waals surface area contributed by atoms with Crippen LogP contribution in [0.3, 0.4) is 0 Å². The Hall–Kier alpha value is -1.96. The number of esters is 1. The molecule has 0 radical (unpaired) electrons. The molecule has 0 aromatic rings. The van der Waals surface area contributed by atoms with Crippen molar-refractivity contribution in [2.45, 2.75) is 25.9 Å². The zero-order valence-corrected chi connectivity index (χ0v) is 9.04.